The van der Waals surface area contributed by atoms with Crippen LogP contribution in [-0.4, -0.2) is 51.9 Å². The van der Waals surface area contributed by atoms with Gasteiger partial charge in [-0.3, -0.25) is 4.99 Å². The molecule has 0 spiro atoms. The number of halogens is 1. The van der Waals surface area contributed by atoms with Gasteiger partial charge in [-0.25, -0.2) is 8.42 Å². The summed E-state index contributed by atoms with van der Waals surface area (Å²) in [5.41, 5.74) is 1.14. The fraction of sp³-hybridized carbons (Fsp3) is 0.462. The predicted octanol–water partition coefficient (Wildman–Crippen LogP) is 1.50. The van der Waals surface area contributed by atoms with Gasteiger partial charge in [0, 0.05) is 37.9 Å². The van der Waals surface area contributed by atoms with Crippen LogP contribution in [0.15, 0.2) is 33.7 Å². The van der Waals surface area contributed by atoms with Crippen molar-refractivity contribution in [2.24, 2.45) is 4.99 Å². The van der Waals surface area contributed by atoms with Gasteiger partial charge in [0.25, 0.3) is 0 Å². The average Bonchev–Trinajstić information content (AvgIpc) is 2.36. The van der Waals surface area contributed by atoms with Gasteiger partial charge < -0.3 is 10.2 Å². The van der Waals surface area contributed by atoms with Gasteiger partial charge in [-0.2, -0.15) is 0 Å². The lowest BCUT2D eigenvalue weighted by Gasteiger charge is -2.22. The molecular weight excluding hydrogens is 342 g/mol. The molecule has 5 nitrogen and oxygen atoms in total. The zero-order valence-electron chi connectivity index (χ0n) is 11.9. The number of nitrogens with zero attached hydrogens (tertiary/aromatic N) is 2. The minimum absolute atomic E-state index is 0.0922. The van der Waals surface area contributed by atoms with Crippen LogP contribution >= 0.6 is 15.9 Å². The third-order valence-electron chi connectivity index (χ3n) is 2.69. The molecule has 0 aliphatic heterocycles. The van der Waals surface area contributed by atoms with Gasteiger partial charge in [-0.05, 0) is 11.6 Å². The number of benzene rings is 1. The lowest BCUT2D eigenvalue weighted by atomic mass is 10.2. The van der Waals surface area contributed by atoms with E-state index in [9.17, 15) is 8.42 Å². The van der Waals surface area contributed by atoms with Crippen LogP contribution in [-0.2, 0) is 16.4 Å². The molecular formula is C13H20BrN3O2S. The van der Waals surface area contributed by atoms with Gasteiger partial charge in [0.2, 0.25) is 0 Å². The van der Waals surface area contributed by atoms with E-state index in [1.54, 1.807) is 7.05 Å². The van der Waals surface area contributed by atoms with Crippen molar-refractivity contribution in [2.75, 3.05) is 32.6 Å². The Morgan fingerprint density at radius 2 is 2.05 bits per heavy atom. The van der Waals surface area contributed by atoms with E-state index in [-0.39, 0.29) is 5.75 Å². The van der Waals surface area contributed by atoms with Crippen LogP contribution in [0.3, 0.4) is 0 Å². The molecule has 0 heterocycles. The highest BCUT2D eigenvalue weighted by molar-refractivity contribution is 9.10. The Morgan fingerprint density at radius 1 is 1.40 bits per heavy atom. The topological polar surface area (TPSA) is 61.8 Å². The number of hydrogen-bond donors (Lipinski definition) is 1. The minimum Gasteiger partial charge on any atom is -0.355 e. The smallest absolute Gasteiger partial charge is 0.193 e. The summed E-state index contributed by atoms with van der Waals surface area (Å²) in [4.78, 5) is 6.10. The number of nitrogens with one attached hydrogen (secondary N) is 1. The van der Waals surface area contributed by atoms with Crippen molar-refractivity contribution in [3.8, 4) is 0 Å². The second-order valence-corrected chi connectivity index (χ2v) is 7.67. The first-order valence-electron chi connectivity index (χ1n) is 6.16. The maximum Gasteiger partial charge on any atom is 0.193 e. The molecule has 20 heavy (non-hydrogen) atoms. The van der Waals surface area contributed by atoms with Crippen LogP contribution in [0.25, 0.3) is 0 Å². The van der Waals surface area contributed by atoms with Gasteiger partial charge in [-0.15, -0.1) is 0 Å². The van der Waals surface area contributed by atoms with Gasteiger partial charge in [0.1, 0.15) is 9.84 Å². The number of rotatable bonds is 5. The Kier molecular flexibility index (Phi) is 6.48. The summed E-state index contributed by atoms with van der Waals surface area (Å²) in [6, 6.07) is 7.97. The van der Waals surface area contributed by atoms with Crippen LogP contribution in [0, 0.1) is 0 Å². The van der Waals surface area contributed by atoms with Crippen molar-refractivity contribution in [3.63, 3.8) is 0 Å². The monoisotopic (exact) mass is 361 g/mol. The van der Waals surface area contributed by atoms with E-state index in [0.717, 1.165) is 10.0 Å². The molecule has 0 unspecified atom stereocenters. The molecule has 0 atom stereocenters. The third kappa shape index (κ3) is 5.92. The summed E-state index contributed by atoms with van der Waals surface area (Å²) >= 11 is 3.51. The Balaban J connectivity index is 2.60. The summed E-state index contributed by atoms with van der Waals surface area (Å²) in [5, 5.41) is 3.05. The molecule has 0 fully saturated rings. The second-order valence-electron chi connectivity index (χ2n) is 4.55. The Bertz CT molecular complexity index is 573. The SMILES string of the molecule is CN=C(NCCS(C)(=O)=O)N(C)Cc1ccccc1Br. The normalized spacial score (nSPS) is 12.3. The fourth-order valence-electron chi connectivity index (χ4n) is 1.69. The van der Waals surface area contributed by atoms with Crippen molar-refractivity contribution in [2.45, 2.75) is 6.54 Å². The Morgan fingerprint density at radius 3 is 2.60 bits per heavy atom. The largest absolute Gasteiger partial charge is 0.355 e. The highest BCUT2D eigenvalue weighted by atomic mass is 79.9. The highest BCUT2D eigenvalue weighted by Gasteiger charge is 2.09. The molecule has 0 amide bonds. The van der Waals surface area contributed by atoms with Gasteiger partial charge >= 0.3 is 0 Å². The van der Waals surface area contributed by atoms with Crippen LogP contribution in [0.4, 0.5) is 0 Å². The van der Waals surface area contributed by atoms with Crippen molar-refractivity contribution in [1.29, 1.82) is 0 Å². The molecule has 112 valence electrons. The lowest BCUT2D eigenvalue weighted by Crippen LogP contribution is -2.40. The quantitative estimate of drug-likeness (QED) is 0.637. The summed E-state index contributed by atoms with van der Waals surface area (Å²) in [6.07, 6.45) is 1.22. The van der Waals surface area contributed by atoms with Crippen molar-refractivity contribution in [3.05, 3.63) is 34.3 Å². The van der Waals surface area contributed by atoms with E-state index in [1.807, 2.05) is 36.2 Å². The number of guanidine groups is 1. The van der Waals surface area contributed by atoms with Gasteiger partial charge in [0.15, 0.2) is 5.96 Å². The van der Waals surface area contributed by atoms with E-state index in [2.05, 4.69) is 26.2 Å². The minimum atomic E-state index is -2.96. The van der Waals surface area contributed by atoms with Crippen LogP contribution in [0.1, 0.15) is 5.56 Å². The highest BCUT2D eigenvalue weighted by Crippen LogP contribution is 2.17. The van der Waals surface area contributed by atoms with Crippen LogP contribution in [0.2, 0.25) is 0 Å². The van der Waals surface area contributed by atoms with Gasteiger partial charge in [0.05, 0.1) is 5.75 Å². The maximum atomic E-state index is 11.1. The molecule has 0 saturated heterocycles. The van der Waals surface area contributed by atoms with E-state index in [1.165, 1.54) is 6.26 Å². The van der Waals surface area contributed by atoms with Crippen molar-refractivity contribution in [1.82, 2.24) is 10.2 Å². The molecule has 0 aliphatic rings. The van der Waals surface area contributed by atoms with E-state index < -0.39 is 9.84 Å². The van der Waals surface area contributed by atoms with E-state index >= 15 is 0 Å². The average molecular weight is 362 g/mol. The van der Waals surface area contributed by atoms with E-state index in [4.69, 9.17) is 0 Å². The maximum absolute atomic E-state index is 11.1. The molecule has 0 radical (unpaired) electrons. The van der Waals surface area contributed by atoms with Crippen molar-refractivity contribution < 1.29 is 8.42 Å². The van der Waals surface area contributed by atoms with Crippen LogP contribution in [0.5, 0.6) is 0 Å². The zero-order chi connectivity index (χ0) is 15.2. The Labute approximate surface area is 129 Å². The molecule has 1 aromatic rings. The third-order valence-corrected chi connectivity index (χ3v) is 4.41. The number of aliphatic imine (C=N–C) groups is 1. The molecule has 1 rings (SSSR count). The first-order valence-corrected chi connectivity index (χ1v) is 9.02. The second kappa shape index (κ2) is 7.64. The first-order chi connectivity index (χ1) is 9.33. The number of sulfone groups is 1. The summed E-state index contributed by atoms with van der Waals surface area (Å²) in [5.74, 6) is 0.763. The number of hydrogen-bond acceptors (Lipinski definition) is 3. The predicted molar refractivity (Wildman–Crippen MR) is 86.7 cm³/mol. The lowest BCUT2D eigenvalue weighted by molar-refractivity contribution is 0.477. The summed E-state index contributed by atoms with van der Waals surface area (Å²) in [7, 11) is 0.629. The van der Waals surface area contributed by atoms with E-state index in [0.29, 0.717) is 19.0 Å². The van der Waals surface area contributed by atoms with Crippen molar-refractivity contribution >= 4 is 31.7 Å². The van der Waals surface area contributed by atoms with Crippen LogP contribution < -0.4 is 5.32 Å². The standard InChI is InChI=1S/C13H20BrN3O2S/c1-15-13(16-8-9-20(3,18)19)17(2)10-11-6-4-5-7-12(11)14/h4-7H,8-10H2,1-3H3,(H,15,16). The molecule has 0 saturated carbocycles. The molecule has 1 N–H and O–H groups in total. The molecule has 7 heteroatoms. The van der Waals surface area contributed by atoms with Gasteiger partial charge in [-0.1, -0.05) is 34.1 Å². The summed E-state index contributed by atoms with van der Waals surface area (Å²) in [6.45, 7) is 1.03. The first kappa shape index (κ1) is 17.0. The molecule has 1 aromatic carbocycles. The fourth-order valence-corrected chi connectivity index (χ4v) is 2.57. The molecule has 0 bridgehead atoms. The zero-order valence-corrected chi connectivity index (χ0v) is 14.3. The molecule has 0 aromatic heterocycles. The molecule has 0 aliphatic carbocycles. The summed E-state index contributed by atoms with van der Waals surface area (Å²) < 4.78 is 23.3. The Hall–Kier alpha value is -1.08.